The Kier molecular flexibility index (Phi) is 5.90. The fraction of sp³-hybridized carbons (Fsp3) is 0.391. The van der Waals surface area contributed by atoms with E-state index in [0.717, 1.165) is 42.7 Å². The molecule has 3 aromatic rings. The molecule has 158 valence electrons. The molecule has 1 fully saturated rings. The second-order valence-electron chi connectivity index (χ2n) is 7.49. The molecule has 1 aromatic heterocycles. The number of hydrogen-bond acceptors (Lipinski definition) is 7. The van der Waals surface area contributed by atoms with Crippen LogP contribution in [0.15, 0.2) is 40.9 Å². The number of nitrogens with zero attached hydrogens (tertiary/aromatic N) is 3. The normalized spacial score (nSPS) is 16.6. The summed E-state index contributed by atoms with van der Waals surface area (Å²) in [6.07, 6.45) is 0.977. The number of ether oxygens (including phenoxy) is 3. The van der Waals surface area contributed by atoms with E-state index in [2.05, 4.69) is 28.0 Å². The average Bonchev–Trinajstić information content (AvgIpc) is 3.43. The number of likely N-dealkylation sites (tertiary alicyclic amines) is 1. The van der Waals surface area contributed by atoms with Gasteiger partial charge in [0.15, 0.2) is 11.5 Å². The van der Waals surface area contributed by atoms with E-state index in [9.17, 15) is 0 Å². The van der Waals surface area contributed by atoms with Crippen molar-refractivity contribution in [3.63, 3.8) is 0 Å². The molecule has 2 aromatic carbocycles. The van der Waals surface area contributed by atoms with Gasteiger partial charge in [0.25, 0.3) is 0 Å². The smallest absolute Gasteiger partial charge is 0.231 e. The molecule has 1 saturated heterocycles. The predicted molar refractivity (Wildman–Crippen MR) is 113 cm³/mol. The van der Waals surface area contributed by atoms with E-state index >= 15 is 0 Å². The molecule has 30 heavy (non-hydrogen) atoms. The van der Waals surface area contributed by atoms with Gasteiger partial charge >= 0.3 is 0 Å². The first kappa shape index (κ1) is 20.2. The van der Waals surface area contributed by atoms with E-state index in [1.54, 1.807) is 21.3 Å². The summed E-state index contributed by atoms with van der Waals surface area (Å²) in [4.78, 5) is 7.05. The highest BCUT2D eigenvalue weighted by Gasteiger charge is 2.30. The highest BCUT2D eigenvalue weighted by atomic mass is 16.5. The summed E-state index contributed by atoms with van der Waals surface area (Å²) in [5.41, 5.74) is 3.21. The first-order valence-electron chi connectivity index (χ1n) is 10.0. The van der Waals surface area contributed by atoms with Crippen molar-refractivity contribution in [1.82, 2.24) is 15.0 Å². The quantitative estimate of drug-likeness (QED) is 0.583. The molecule has 1 atom stereocenters. The molecule has 1 aliphatic heterocycles. The van der Waals surface area contributed by atoms with Crippen LogP contribution in [0.5, 0.6) is 17.2 Å². The van der Waals surface area contributed by atoms with Gasteiger partial charge in [-0.1, -0.05) is 35.5 Å². The lowest BCUT2D eigenvalue weighted by molar-refractivity contribution is 0.293. The van der Waals surface area contributed by atoms with Gasteiger partial charge in [0, 0.05) is 24.2 Å². The standard InChI is InChI=1S/C23H27N3O4/c1-15-7-5-6-8-18(15)22-24-23(30-25-22)17-11-12-26(14-17)13-16-9-10-19(27-2)21(29-4)20(16)28-3/h5-10,17H,11-14H2,1-4H3. The third-order valence-corrected chi connectivity index (χ3v) is 5.63. The summed E-state index contributed by atoms with van der Waals surface area (Å²) in [5, 5.41) is 4.21. The van der Waals surface area contributed by atoms with Crippen LogP contribution in [0.1, 0.15) is 29.4 Å². The Morgan fingerprint density at radius 1 is 1.03 bits per heavy atom. The van der Waals surface area contributed by atoms with Crippen molar-refractivity contribution in [2.24, 2.45) is 0 Å². The third-order valence-electron chi connectivity index (χ3n) is 5.63. The van der Waals surface area contributed by atoms with Crippen LogP contribution >= 0.6 is 0 Å². The second kappa shape index (κ2) is 8.75. The van der Waals surface area contributed by atoms with Crippen LogP contribution in [0.25, 0.3) is 11.4 Å². The number of benzene rings is 2. The van der Waals surface area contributed by atoms with Crippen molar-refractivity contribution in [2.75, 3.05) is 34.4 Å². The van der Waals surface area contributed by atoms with Gasteiger partial charge < -0.3 is 18.7 Å². The van der Waals surface area contributed by atoms with Crippen molar-refractivity contribution in [3.05, 3.63) is 53.4 Å². The monoisotopic (exact) mass is 409 g/mol. The molecular weight excluding hydrogens is 382 g/mol. The number of aromatic nitrogens is 2. The lowest BCUT2D eigenvalue weighted by Crippen LogP contribution is -2.20. The maximum Gasteiger partial charge on any atom is 0.231 e. The van der Waals surface area contributed by atoms with Gasteiger partial charge in [0.05, 0.1) is 27.2 Å². The van der Waals surface area contributed by atoms with Gasteiger partial charge in [0.1, 0.15) is 0 Å². The Morgan fingerprint density at radius 2 is 1.83 bits per heavy atom. The Hall–Kier alpha value is -3.06. The molecule has 0 amide bonds. The molecule has 0 saturated carbocycles. The van der Waals surface area contributed by atoms with Crippen molar-refractivity contribution < 1.29 is 18.7 Å². The highest BCUT2D eigenvalue weighted by molar-refractivity contribution is 5.59. The second-order valence-corrected chi connectivity index (χ2v) is 7.49. The van der Waals surface area contributed by atoms with Crippen LogP contribution in [0, 0.1) is 6.92 Å². The lowest BCUT2D eigenvalue weighted by Gasteiger charge is -2.20. The van der Waals surface area contributed by atoms with Gasteiger partial charge in [-0.25, -0.2) is 0 Å². The maximum absolute atomic E-state index is 5.62. The first-order chi connectivity index (χ1) is 14.6. The molecule has 7 heteroatoms. The zero-order chi connectivity index (χ0) is 21.1. The van der Waals surface area contributed by atoms with Crippen molar-refractivity contribution in [2.45, 2.75) is 25.8 Å². The fourth-order valence-corrected chi connectivity index (χ4v) is 4.04. The number of aryl methyl sites for hydroxylation is 1. The maximum atomic E-state index is 5.62. The zero-order valence-corrected chi connectivity index (χ0v) is 17.8. The Balaban J connectivity index is 1.48. The van der Waals surface area contributed by atoms with Crippen LogP contribution in [0.4, 0.5) is 0 Å². The average molecular weight is 409 g/mol. The van der Waals surface area contributed by atoms with Crippen molar-refractivity contribution in [3.8, 4) is 28.6 Å². The molecule has 4 rings (SSSR count). The van der Waals surface area contributed by atoms with Gasteiger partial charge in [-0.3, -0.25) is 4.90 Å². The van der Waals surface area contributed by atoms with E-state index < -0.39 is 0 Å². The SMILES string of the molecule is COc1ccc(CN2CCC(c3nc(-c4ccccc4C)no3)C2)c(OC)c1OC. The predicted octanol–water partition coefficient (Wildman–Crippen LogP) is 4.06. The molecule has 1 unspecified atom stereocenters. The van der Waals surface area contributed by atoms with Crippen LogP contribution in [0.2, 0.25) is 0 Å². The van der Waals surface area contributed by atoms with Crippen LogP contribution in [-0.2, 0) is 6.54 Å². The molecule has 0 bridgehead atoms. The van der Waals surface area contributed by atoms with Gasteiger partial charge in [0.2, 0.25) is 17.5 Å². The fourth-order valence-electron chi connectivity index (χ4n) is 4.04. The first-order valence-corrected chi connectivity index (χ1v) is 10.0. The molecule has 1 aliphatic rings. The summed E-state index contributed by atoms with van der Waals surface area (Å²) in [5.74, 6) is 3.57. The van der Waals surface area contributed by atoms with Crippen LogP contribution < -0.4 is 14.2 Å². The van der Waals surface area contributed by atoms with Crippen molar-refractivity contribution >= 4 is 0 Å². The minimum Gasteiger partial charge on any atom is -0.493 e. The number of hydrogen-bond donors (Lipinski definition) is 0. The highest BCUT2D eigenvalue weighted by Crippen LogP contribution is 2.41. The molecular formula is C23H27N3O4. The minimum atomic E-state index is 0.224. The molecule has 0 radical (unpaired) electrons. The minimum absolute atomic E-state index is 0.224. The van der Waals surface area contributed by atoms with Gasteiger partial charge in [-0.05, 0) is 31.5 Å². The van der Waals surface area contributed by atoms with Gasteiger partial charge in [-0.15, -0.1) is 0 Å². The Morgan fingerprint density at radius 3 is 2.57 bits per heavy atom. The lowest BCUT2D eigenvalue weighted by atomic mass is 10.1. The van der Waals surface area contributed by atoms with Crippen LogP contribution in [-0.4, -0.2) is 49.5 Å². The Bertz CT molecular complexity index is 1020. The summed E-state index contributed by atoms with van der Waals surface area (Å²) in [6, 6.07) is 12.0. The summed E-state index contributed by atoms with van der Waals surface area (Å²) in [7, 11) is 4.90. The Labute approximate surface area is 176 Å². The van der Waals surface area contributed by atoms with Gasteiger partial charge in [-0.2, -0.15) is 4.98 Å². The topological polar surface area (TPSA) is 69.9 Å². The van der Waals surface area contributed by atoms with E-state index in [4.69, 9.17) is 18.7 Å². The molecule has 0 spiro atoms. The number of rotatable bonds is 7. The zero-order valence-electron chi connectivity index (χ0n) is 17.8. The molecule has 7 nitrogen and oxygen atoms in total. The largest absolute Gasteiger partial charge is 0.493 e. The van der Waals surface area contributed by atoms with E-state index in [1.165, 1.54) is 0 Å². The number of methoxy groups -OCH3 is 3. The summed E-state index contributed by atoms with van der Waals surface area (Å²) >= 11 is 0. The molecule has 2 heterocycles. The van der Waals surface area contributed by atoms with E-state index in [0.29, 0.717) is 29.0 Å². The third kappa shape index (κ3) is 3.85. The van der Waals surface area contributed by atoms with E-state index in [-0.39, 0.29) is 5.92 Å². The van der Waals surface area contributed by atoms with Crippen molar-refractivity contribution in [1.29, 1.82) is 0 Å². The summed E-state index contributed by atoms with van der Waals surface area (Å²) < 4.78 is 22.1. The van der Waals surface area contributed by atoms with Crippen LogP contribution in [0.3, 0.4) is 0 Å². The molecule has 0 aliphatic carbocycles. The summed E-state index contributed by atoms with van der Waals surface area (Å²) in [6.45, 7) is 4.61. The molecule has 0 N–H and O–H groups in total. The van der Waals surface area contributed by atoms with E-state index in [1.807, 2.05) is 30.3 Å².